The third-order valence-electron chi connectivity index (χ3n) is 2.32. The summed E-state index contributed by atoms with van der Waals surface area (Å²) < 4.78 is 0. The molecule has 1 atom stereocenters. The second-order valence-corrected chi connectivity index (χ2v) is 5.71. The molecule has 17 heavy (non-hydrogen) atoms. The Hall–Kier alpha value is -0.610. The van der Waals surface area contributed by atoms with E-state index in [2.05, 4.69) is 4.98 Å². The van der Waals surface area contributed by atoms with Crippen molar-refractivity contribution in [2.75, 3.05) is 0 Å². The summed E-state index contributed by atoms with van der Waals surface area (Å²) in [5, 5.41) is 11.6. The molecule has 5 heteroatoms. The summed E-state index contributed by atoms with van der Waals surface area (Å²) in [6, 6.07) is 5.32. The topological polar surface area (TPSA) is 33.1 Å². The van der Waals surface area contributed by atoms with E-state index in [9.17, 15) is 5.11 Å². The van der Waals surface area contributed by atoms with Gasteiger partial charge in [-0.2, -0.15) is 0 Å². The molecule has 0 radical (unpaired) electrons. The molecule has 2 rings (SSSR count). The van der Waals surface area contributed by atoms with Crippen molar-refractivity contribution in [1.29, 1.82) is 0 Å². The highest BCUT2D eigenvalue weighted by Gasteiger charge is 2.13. The minimum absolute atomic E-state index is 0.504. The van der Waals surface area contributed by atoms with E-state index < -0.39 is 6.10 Å². The van der Waals surface area contributed by atoms with E-state index in [1.54, 1.807) is 13.0 Å². The molecule has 1 aromatic heterocycles. The number of aliphatic hydroxyl groups excluding tert-OH is 1. The Kier molecular flexibility index (Phi) is 3.73. The Labute approximate surface area is 114 Å². The van der Waals surface area contributed by atoms with Gasteiger partial charge < -0.3 is 5.11 Å². The van der Waals surface area contributed by atoms with Crippen LogP contribution in [0.5, 0.6) is 0 Å². The number of halogens is 2. The lowest BCUT2D eigenvalue weighted by Gasteiger charge is -1.99. The molecule has 0 saturated carbocycles. The van der Waals surface area contributed by atoms with Gasteiger partial charge in [0.25, 0.3) is 0 Å². The van der Waals surface area contributed by atoms with Crippen LogP contribution in [0.3, 0.4) is 0 Å². The zero-order chi connectivity index (χ0) is 12.6. The van der Waals surface area contributed by atoms with Gasteiger partial charge in [-0.15, -0.1) is 11.3 Å². The van der Waals surface area contributed by atoms with Crippen molar-refractivity contribution < 1.29 is 5.11 Å². The molecule has 0 fully saturated rings. The van der Waals surface area contributed by atoms with Crippen molar-refractivity contribution in [3.05, 3.63) is 38.8 Å². The highest BCUT2D eigenvalue weighted by atomic mass is 35.5. The number of aliphatic hydroxyl groups is 1. The van der Waals surface area contributed by atoms with Crippen LogP contribution in [0.2, 0.25) is 10.0 Å². The van der Waals surface area contributed by atoms with Crippen LogP contribution in [0.15, 0.2) is 18.2 Å². The van der Waals surface area contributed by atoms with Crippen LogP contribution in [-0.2, 0) is 0 Å². The van der Waals surface area contributed by atoms with Crippen molar-refractivity contribution in [3.8, 4) is 10.6 Å². The molecule has 1 unspecified atom stereocenters. The molecule has 2 aromatic rings. The molecule has 90 valence electrons. The van der Waals surface area contributed by atoms with Gasteiger partial charge in [-0.1, -0.05) is 23.2 Å². The van der Waals surface area contributed by atoms with Gasteiger partial charge in [-0.05, 0) is 32.0 Å². The molecule has 1 aromatic carbocycles. The molecule has 0 amide bonds. The summed E-state index contributed by atoms with van der Waals surface area (Å²) >= 11 is 13.4. The summed E-state index contributed by atoms with van der Waals surface area (Å²) in [6.45, 7) is 3.61. The molecular weight excluding hydrogens is 277 g/mol. The maximum Gasteiger partial charge on any atom is 0.124 e. The Morgan fingerprint density at radius 3 is 2.29 bits per heavy atom. The number of aryl methyl sites for hydroxylation is 1. The van der Waals surface area contributed by atoms with Crippen LogP contribution in [0.4, 0.5) is 0 Å². The second-order valence-electron chi connectivity index (χ2n) is 3.80. The van der Waals surface area contributed by atoms with Gasteiger partial charge in [0.1, 0.15) is 5.01 Å². The van der Waals surface area contributed by atoms with Gasteiger partial charge in [-0.25, -0.2) is 4.98 Å². The fourth-order valence-corrected chi connectivity index (χ4v) is 3.11. The molecule has 2 nitrogen and oxygen atoms in total. The first kappa shape index (κ1) is 12.8. The zero-order valence-corrected chi connectivity index (χ0v) is 11.7. The van der Waals surface area contributed by atoms with Crippen LogP contribution >= 0.6 is 34.5 Å². The van der Waals surface area contributed by atoms with E-state index in [-0.39, 0.29) is 0 Å². The van der Waals surface area contributed by atoms with Crippen molar-refractivity contribution in [3.63, 3.8) is 0 Å². The molecule has 0 aliphatic rings. The minimum atomic E-state index is -0.504. The first-order chi connectivity index (χ1) is 7.97. The number of aromatic nitrogens is 1. The molecule has 0 saturated heterocycles. The van der Waals surface area contributed by atoms with Crippen LogP contribution in [-0.4, -0.2) is 10.1 Å². The Morgan fingerprint density at radius 1 is 1.24 bits per heavy atom. The summed E-state index contributed by atoms with van der Waals surface area (Å²) in [7, 11) is 0. The Morgan fingerprint density at radius 2 is 1.82 bits per heavy atom. The van der Waals surface area contributed by atoms with Gasteiger partial charge in [0.15, 0.2) is 0 Å². The number of benzene rings is 1. The smallest absolute Gasteiger partial charge is 0.124 e. The average molecular weight is 288 g/mol. The second kappa shape index (κ2) is 4.94. The molecule has 1 N–H and O–H groups in total. The molecule has 0 aliphatic carbocycles. The highest BCUT2D eigenvalue weighted by Crippen LogP contribution is 2.34. The van der Waals surface area contributed by atoms with Crippen LogP contribution in [0.1, 0.15) is 23.6 Å². The number of hydrogen-bond acceptors (Lipinski definition) is 3. The Balaban J connectivity index is 2.49. The van der Waals surface area contributed by atoms with Gasteiger partial charge in [0, 0.05) is 15.6 Å². The van der Waals surface area contributed by atoms with E-state index in [1.165, 1.54) is 11.3 Å². The van der Waals surface area contributed by atoms with Crippen molar-refractivity contribution in [1.82, 2.24) is 4.98 Å². The van der Waals surface area contributed by atoms with Gasteiger partial charge in [0.2, 0.25) is 0 Å². The first-order valence-corrected chi connectivity index (χ1v) is 6.66. The first-order valence-electron chi connectivity index (χ1n) is 5.09. The molecule has 0 aliphatic heterocycles. The van der Waals surface area contributed by atoms with Crippen LogP contribution < -0.4 is 0 Å². The van der Waals surface area contributed by atoms with Crippen molar-refractivity contribution in [2.24, 2.45) is 0 Å². The number of rotatable bonds is 2. The zero-order valence-electron chi connectivity index (χ0n) is 9.37. The number of hydrogen-bond donors (Lipinski definition) is 1. The molecular formula is C12H11Cl2NOS. The van der Waals surface area contributed by atoms with Crippen LogP contribution in [0, 0.1) is 6.92 Å². The lowest BCUT2D eigenvalue weighted by molar-refractivity contribution is 0.202. The van der Waals surface area contributed by atoms with Gasteiger partial charge in [-0.3, -0.25) is 0 Å². The minimum Gasteiger partial charge on any atom is -0.388 e. The normalized spacial score (nSPS) is 12.8. The lowest BCUT2D eigenvalue weighted by Crippen LogP contribution is -1.88. The van der Waals surface area contributed by atoms with E-state index >= 15 is 0 Å². The van der Waals surface area contributed by atoms with E-state index in [0.717, 1.165) is 21.1 Å². The predicted octanol–water partition coefficient (Wildman–Crippen LogP) is 4.48. The molecule has 1 heterocycles. The summed E-state index contributed by atoms with van der Waals surface area (Å²) in [5.41, 5.74) is 1.72. The van der Waals surface area contributed by atoms with Gasteiger partial charge >= 0.3 is 0 Å². The highest BCUT2D eigenvalue weighted by molar-refractivity contribution is 7.15. The number of thiazole rings is 1. The fourth-order valence-electron chi connectivity index (χ4n) is 1.60. The summed E-state index contributed by atoms with van der Waals surface area (Å²) in [6.07, 6.45) is -0.504. The van der Waals surface area contributed by atoms with Crippen LogP contribution in [0.25, 0.3) is 10.6 Å². The fraction of sp³-hybridized carbons (Fsp3) is 0.250. The van der Waals surface area contributed by atoms with E-state index in [4.69, 9.17) is 23.2 Å². The summed E-state index contributed by atoms with van der Waals surface area (Å²) in [4.78, 5) is 5.30. The third kappa shape index (κ3) is 2.80. The van der Waals surface area contributed by atoms with Crippen molar-refractivity contribution in [2.45, 2.75) is 20.0 Å². The largest absolute Gasteiger partial charge is 0.388 e. The summed E-state index contributed by atoms with van der Waals surface area (Å²) in [5.74, 6) is 0. The van der Waals surface area contributed by atoms with Gasteiger partial charge in [0.05, 0.1) is 16.7 Å². The SMILES string of the molecule is Cc1nc(-c2cc(Cl)cc(Cl)c2)sc1C(C)O. The van der Waals surface area contributed by atoms with E-state index in [0.29, 0.717) is 10.0 Å². The Bertz CT molecular complexity index is 531. The average Bonchev–Trinajstić information content (AvgIpc) is 2.59. The maximum atomic E-state index is 9.59. The third-order valence-corrected chi connectivity index (χ3v) is 4.13. The molecule has 0 bridgehead atoms. The van der Waals surface area contributed by atoms with Crippen molar-refractivity contribution >= 4 is 34.5 Å². The van der Waals surface area contributed by atoms with E-state index in [1.807, 2.05) is 19.1 Å². The monoisotopic (exact) mass is 287 g/mol. The predicted molar refractivity (Wildman–Crippen MR) is 72.9 cm³/mol. The molecule has 0 spiro atoms. The lowest BCUT2D eigenvalue weighted by atomic mass is 10.2. The standard InChI is InChI=1S/C12H11Cl2NOS/c1-6-11(7(2)16)17-12(15-6)8-3-9(13)5-10(14)4-8/h3-5,7,16H,1-2H3. The maximum absolute atomic E-state index is 9.59. The number of nitrogens with zero attached hydrogens (tertiary/aromatic N) is 1. The quantitative estimate of drug-likeness (QED) is 0.883.